The number of carbonyl (C=O) groups is 1. The van der Waals surface area contributed by atoms with Crippen LogP contribution in [0.3, 0.4) is 0 Å². The van der Waals surface area contributed by atoms with Gasteiger partial charge < -0.3 is 19.2 Å². The van der Waals surface area contributed by atoms with Crippen LogP contribution in [0.5, 0.6) is 5.75 Å². The second-order valence-electron chi connectivity index (χ2n) is 16.8. The van der Waals surface area contributed by atoms with Crippen LogP contribution in [0.1, 0.15) is 93.6 Å². The molecule has 2 saturated carbocycles. The summed E-state index contributed by atoms with van der Waals surface area (Å²) in [5, 5.41) is 10.7. The van der Waals surface area contributed by atoms with Crippen LogP contribution < -0.4 is 9.64 Å². The van der Waals surface area contributed by atoms with E-state index in [0.29, 0.717) is 24.9 Å². The van der Waals surface area contributed by atoms with Gasteiger partial charge in [0.15, 0.2) is 8.32 Å². The molecule has 6 rings (SSSR count). The van der Waals surface area contributed by atoms with Crippen molar-refractivity contribution < 1.29 is 31.7 Å². The van der Waals surface area contributed by atoms with Gasteiger partial charge in [-0.25, -0.2) is 4.79 Å². The molecule has 3 aliphatic carbocycles. The van der Waals surface area contributed by atoms with Gasteiger partial charge in [0.25, 0.3) is 10.1 Å². The Kier molecular flexibility index (Phi) is 10.3. The van der Waals surface area contributed by atoms with Crippen LogP contribution in [0.25, 0.3) is 0 Å². The van der Waals surface area contributed by atoms with Crippen LogP contribution in [0.15, 0.2) is 36.4 Å². The van der Waals surface area contributed by atoms with Crippen molar-refractivity contribution in [2.45, 2.75) is 114 Å². The lowest BCUT2D eigenvalue weighted by Crippen LogP contribution is -2.54. The van der Waals surface area contributed by atoms with Crippen molar-refractivity contribution in [3.05, 3.63) is 58.1 Å². The van der Waals surface area contributed by atoms with E-state index in [1.165, 1.54) is 11.1 Å². The number of fused-ring (bicyclic) bond motifs is 3. The molecule has 6 atom stereocenters. The minimum Gasteiger partial charge on any atom is -0.490 e. The summed E-state index contributed by atoms with van der Waals surface area (Å²) in [7, 11) is -5.73. The molecular weight excluding hydrogens is 678 g/mol. The molecule has 0 radical (unpaired) electrons. The molecule has 2 aromatic carbocycles. The van der Waals surface area contributed by atoms with E-state index in [2.05, 4.69) is 50.9 Å². The summed E-state index contributed by atoms with van der Waals surface area (Å²) in [5.41, 5.74) is 3.39. The van der Waals surface area contributed by atoms with Gasteiger partial charge in [-0.05, 0) is 129 Å². The van der Waals surface area contributed by atoms with Gasteiger partial charge in [-0.3, -0.25) is 4.18 Å². The molecule has 4 aliphatic rings. The molecule has 0 bridgehead atoms. The number of carboxylic acids is 1. The van der Waals surface area contributed by atoms with E-state index >= 15 is 0 Å². The standard InChI is InChI=1S/C38H54ClNO7SSi/c1-37(2,3)49(5,6)47-35(26-9-7-11-30(20-26)46-48(4,43)44)31-15-12-28(31)22-40-23-38(18-8-10-25-19-29(39)14-16-32(25)38)24-45-34-17-13-27(36(41)42)21-33(34)40/h13-14,16-17,19,21,26,28,30-31,35H,7-12,15,18,20,22-24H2,1-6H3,(H,41,42)/t26-,28+,30-,31-,35?,38?/m1/s1. The fourth-order valence-corrected chi connectivity index (χ4v) is 10.9. The molecule has 2 unspecified atom stereocenters. The summed E-state index contributed by atoms with van der Waals surface area (Å²) in [6.45, 7) is 13.5. The molecule has 49 heavy (non-hydrogen) atoms. The molecule has 0 amide bonds. The van der Waals surface area contributed by atoms with Gasteiger partial charge in [-0.2, -0.15) is 8.42 Å². The normalized spacial score (nSPS) is 28.1. The average molecular weight is 732 g/mol. The zero-order valence-corrected chi connectivity index (χ0v) is 32.5. The third kappa shape index (κ3) is 7.88. The topological polar surface area (TPSA) is 102 Å². The van der Waals surface area contributed by atoms with Gasteiger partial charge in [0.2, 0.25) is 0 Å². The van der Waals surface area contributed by atoms with Crippen LogP contribution in [0.2, 0.25) is 23.2 Å². The summed E-state index contributed by atoms with van der Waals surface area (Å²) in [4.78, 5) is 14.6. The Labute approximate surface area is 299 Å². The molecular formula is C38H54ClNO7SSi. The number of nitrogens with zero attached hydrogens (tertiary/aromatic N) is 1. The van der Waals surface area contributed by atoms with E-state index in [0.717, 1.165) is 87.2 Å². The van der Waals surface area contributed by atoms with Crippen molar-refractivity contribution in [3.63, 3.8) is 0 Å². The van der Waals surface area contributed by atoms with E-state index in [9.17, 15) is 18.3 Å². The first-order valence-corrected chi connectivity index (χ1v) is 23.2. The number of carboxylic acid groups (broad SMARTS) is 1. The van der Waals surface area contributed by atoms with E-state index in [1.807, 2.05) is 12.1 Å². The quantitative estimate of drug-likeness (QED) is 0.203. The Bertz CT molecular complexity index is 1660. The highest BCUT2D eigenvalue weighted by Gasteiger charge is 2.49. The summed E-state index contributed by atoms with van der Waals surface area (Å²) in [6.07, 6.45) is 9.28. The minimum absolute atomic E-state index is 0.00478. The van der Waals surface area contributed by atoms with Crippen molar-refractivity contribution in [2.75, 3.05) is 30.9 Å². The van der Waals surface area contributed by atoms with E-state index in [4.69, 9.17) is 24.9 Å². The molecule has 2 aromatic rings. The molecule has 1 heterocycles. The fraction of sp³-hybridized carbons (Fsp3) is 0.658. The lowest BCUT2D eigenvalue weighted by Gasteiger charge is -2.52. The van der Waals surface area contributed by atoms with Crippen molar-refractivity contribution in [1.82, 2.24) is 0 Å². The highest BCUT2D eigenvalue weighted by molar-refractivity contribution is 7.86. The van der Waals surface area contributed by atoms with Crippen molar-refractivity contribution >= 4 is 41.7 Å². The number of hydrogen-bond donors (Lipinski definition) is 1. The Balaban J connectivity index is 1.34. The first-order valence-electron chi connectivity index (χ1n) is 18.0. The number of hydrogen-bond acceptors (Lipinski definition) is 7. The summed E-state index contributed by atoms with van der Waals surface area (Å²) in [6, 6.07) is 11.5. The van der Waals surface area contributed by atoms with Crippen molar-refractivity contribution in [3.8, 4) is 5.75 Å². The number of benzene rings is 2. The molecule has 0 aromatic heterocycles. The van der Waals surface area contributed by atoms with E-state index in [-0.39, 0.29) is 34.1 Å². The molecule has 270 valence electrons. The predicted octanol–water partition coefficient (Wildman–Crippen LogP) is 8.46. The Hall–Kier alpha value is -2.11. The number of rotatable bonds is 9. The number of anilines is 1. The predicted molar refractivity (Wildman–Crippen MR) is 197 cm³/mol. The lowest BCUT2D eigenvalue weighted by molar-refractivity contribution is -0.0368. The van der Waals surface area contributed by atoms with Crippen LogP contribution >= 0.6 is 11.6 Å². The maximum Gasteiger partial charge on any atom is 0.335 e. The van der Waals surface area contributed by atoms with Crippen LogP contribution in [0, 0.1) is 17.8 Å². The molecule has 8 nitrogen and oxygen atoms in total. The molecule has 2 fully saturated rings. The fourth-order valence-electron chi connectivity index (χ4n) is 8.65. The Morgan fingerprint density at radius 1 is 1.12 bits per heavy atom. The first-order chi connectivity index (χ1) is 22.9. The number of halogens is 1. The number of aromatic carboxylic acids is 1. The zero-order valence-electron chi connectivity index (χ0n) is 30.0. The van der Waals surface area contributed by atoms with Gasteiger partial charge >= 0.3 is 5.97 Å². The third-order valence-electron chi connectivity index (χ3n) is 12.3. The van der Waals surface area contributed by atoms with Crippen molar-refractivity contribution in [1.29, 1.82) is 0 Å². The Morgan fingerprint density at radius 3 is 2.57 bits per heavy atom. The second-order valence-corrected chi connectivity index (χ2v) is 23.6. The summed E-state index contributed by atoms with van der Waals surface area (Å²) >= 11 is 6.46. The smallest absolute Gasteiger partial charge is 0.335 e. The second kappa shape index (κ2) is 13.8. The average Bonchev–Trinajstić information content (AvgIpc) is 3.14. The van der Waals surface area contributed by atoms with Crippen LogP contribution in [0.4, 0.5) is 5.69 Å². The van der Waals surface area contributed by atoms with Crippen LogP contribution in [-0.2, 0) is 30.6 Å². The third-order valence-corrected chi connectivity index (χ3v) is 17.6. The van der Waals surface area contributed by atoms with Gasteiger partial charge in [0, 0.05) is 23.5 Å². The monoisotopic (exact) mass is 731 g/mol. The maximum atomic E-state index is 12.2. The first kappa shape index (κ1) is 36.7. The minimum atomic E-state index is -3.55. The number of ether oxygens (including phenoxy) is 1. The molecule has 0 saturated heterocycles. The zero-order chi connectivity index (χ0) is 35.4. The van der Waals surface area contributed by atoms with Gasteiger partial charge in [-0.15, -0.1) is 0 Å². The summed E-state index contributed by atoms with van der Waals surface area (Å²) in [5.74, 6) is 0.616. The van der Waals surface area contributed by atoms with Gasteiger partial charge in [-0.1, -0.05) is 44.9 Å². The van der Waals surface area contributed by atoms with Gasteiger partial charge in [0.1, 0.15) is 5.75 Å². The molecule has 1 N–H and O–H groups in total. The Morgan fingerprint density at radius 2 is 1.90 bits per heavy atom. The van der Waals surface area contributed by atoms with Crippen LogP contribution in [-0.4, -0.2) is 66.0 Å². The summed E-state index contributed by atoms with van der Waals surface area (Å²) < 4.78 is 43.8. The highest BCUT2D eigenvalue weighted by atomic mass is 35.5. The molecule has 11 heteroatoms. The molecule has 1 spiro atoms. The van der Waals surface area contributed by atoms with Crippen molar-refractivity contribution in [2.24, 2.45) is 17.8 Å². The highest BCUT2D eigenvalue weighted by Crippen LogP contribution is 2.50. The van der Waals surface area contributed by atoms with Gasteiger partial charge in [0.05, 0.1) is 36.3 Å². The lowest BCUT2D eigenvalue weighted by atomic mass is 9.65. The SMILES string of the molecule is CC(C)(C)[Si](C)(C)OC([C@@H]1CCC[C@@H](OS(C)(=O)=O)C1)[C@@H]1CC[C@H]1CN1CC2(CCCc3cc(Cl)ccc32)COc2ccc(C(=O)O)cc21. The van der Waals surface area contributed by atoms with E-state index in [1.54, 1.807) is 12.1 Å². The van der Waals surface area contributed by atoms with E-state index < -0.39 is 24.4 Å². The molecule has 1 aliphatic heterocycles. The largest absolute Gasteiger partial charge is 0.490 e. The number of aryl methyl sites for hydroxylation is 1. The maximum absolute atomic E-state index is 12.2.